The van der Waals surface area contributed by atoms with Crippen LogP contribution in [0.15, 0.2) is 0 Å². The van der Waals surface area contributed by atoms with Crippen LogP contribution in [-0.2, 0) is 10.1 Å². The van der Waals surface area contributed by atoms with Gasteiger partial charge in [0.15, 0.2) is 5.69 Å². The molecule has 1 aromatic rings. The van der Waals surface area contributed by atoms with Gasteiger partial charge < -0.3 is 4.74 Å². The Balaban J connectivity index is 2.35. The highest BCUT2D eigenvalue weighted by molar-refractivity contribution is 6.21. The Morgan fingerprint density at radius 2 is 2.12 bits per heavy atom. The molecule has 1 unspecified atom stereocenters. The SMILES string of the molecule is Cc1c(C(F)(F)Cl)nn(C2CCCCO2)c1C. The fourth-order valence-corrected chi connectivity index (χ4v) is 2.25. The van der Waals surface area contributed by atoms with E-state index in [4.69, 9.17) is 16.3 Å². The van der Waals surface area contributed by atoms with Gasteiger partial charge in [-0.05, 0) is 44.7 Å². The molecule has 1 fully saturated rings. The summed E-state index contributed by atoms with van der Waals surface area (Å²) in [7, 11) is 0. The van der Waals surface area contributed by atoms with Crippen LogP contribution in [0.25, 0.3) is 0 Å². The van der Waals surface area contributed by atoms with Crippen molar-refractivity contribution in [2.45, 2.75) is 44.7 Å². The largest absolute Gasteiger partial charge is 0.366 e. The van der Waals surface area contributed by atoms with Crippen LogP contribution >= 0.6 is 11.6 Å². The van der Waals surface area contributed by atoms with Crippen LogP contribution in [0.3, 0.4) is 0 Å². The summed E-state index contributed by atoms with van der Waals surface area (Å²) in [6.45, 7) is 4.01. The predicted octanol–water partition coefficient (Wildman–Crippen LogP) is 3.49. The monoisotopic (exact) mass is 264 g/mol. The van der Waals surface area contributed by atoms with Gasteiger partial charge in [-0.1, -0.05) is 0 Å². The molecule has 0 spiro atoms. The molecule has 1 saturated heterocycles. The first-order chi connectivity index (χ1) is 7.91. The molecular weight excluding hydrogens is 250 g/mol. The number of hydrogen-bond donors (Lipinski definition) is 0. The minimum absolute atomic E-state index is 0.241. The van der Waals surface area contributed by atoms with Crippen molar-refractivity contribution in [2.24, 2.45) is 0 Å². The Morgan fingerprint density at radius 3 is 2.59 bits per heavy atom. The molecule has 1 aliphatic heterocycles. The van der Waals surface area contributed by atoms with E-state index in [1.165, 1.54) is 4.68 Å². The van der Waals surface area contributed by atoms with E-state index in [1.807, 2.05) is 0 Å². The molecule has 0 aliphatic carbocycles. The second kappa shape index (κ2) is 4.53. The normalized spacial score (nSPS) is 21.8. The minimum Gasteiger partial charge on any atom is -0.357 e. The van der Waals surface area contributed by atoms with E-state index in [-0.39, 0.29) is 11.9 Å². The van der Waals surface area contributed by atoms with Crippen LogP contribution in [0.4, 0.5) is 8.78 Å². The first kappa shape index (κ1) is 12.8. The average molecular weight is 265 g/mol. The molecule has 2 rings (SSSR count). The topological polar surface area (TPSA) is 27.1 Å². The third-order valence-electron chi connectivity index (χ3n) is 3.15. The van der Waals surface area contributed by atoms with E-state index in [9.17, 15) is 8.78 Å². The molecule has 1 aromatic heterocycles. The number of ether oxygens (including phenoxy) is 1. The smallest absolute Gasteiger partial charge is 0.357 e. The summed E-state index contributed by atoms with van der Waals surface area (Å²) in [4.78, 5) is 0. The lowest BCUT2D eigenvalue weighted by Gasteiger charge is -2.24. The molecule has 17 heavy (non-hydrogen) atoms. The van der Waals surface area contributed by atoms with E-state index in [1.54, 1.807) is 13.8 Å². The van der Waals surface area contributed by atoms with Crippen molar-refractivity contribution >= 4 is 11.6 Å². The highest BCUT2D eigenvalue weighted by atomic mass is 35.5. The van der Waals surface area contributed by atoms with Crippen molar-refractivity contribution in [3.63, 3.8) is 0 Å². The van der Waals surface area contributed by atoms with Crippen LogP contribution in [0.1, 0.15) is 42.4 Å². The van der Waals surface area contributed by atoms with Crippen molar-refractivity contribution in [1.82, 2.24) is 9.78 Å². The standard InChI is InChI=1S/C11H15ClF2N2O/c1-7-8(2)16(9-5-3-4-6-17-9)15-10(7)11(12,13)14/h9H,3-6H2,1-2H3. The maximum Gasteiger partial charge on any atom is 0.366 e. The van der Waals surface area contributed by atoms with Gasteiger partial charge in [-0.2, -0.15) is 13.9 Å². The molecule has 6 heteroatoms. The van der Waals surface area contributed by atoms with Crippen LogP contribution in [0.5, 0.6) is 0 Å². The molecule has 1 atom stereocenters. The number of aromatic nitrogens is 2. The van der Waals surface area contributed by atoms with Crippen LogP contribution in [-0.4, -0.2) is 16.4 Å². The number of hydrogen-bond acceptors (Lipinski definition) is 2. The average Bonchev–Trinajstić information content (AvgIpc) is 2.57. The van der Waals surface area contributed by atoms with Crippen LogP contribution in [0, 0.1) is 13.8 Å². The van der Waals surface area contributed by atoms with Gasteiger partial charge in [-0.3, -0.25) is 0 Å². The fraction of sp³-hybridized carbons (Fsp3) is 0.727. The lowest BCUT2D eigenvalue weighted by atomic mass is 10.2. The van der Waals surface area contributed by atoms with Crippen molar-refractivity contribution in [3.05, 3.63) is 17.0 Å². The van der Waals surface area contributed by atoms with Gasteiger partial charge in [0.05, 0.1) is 0 Å². The quantitative estimate of drug-likeness (QED) is 0.765. The minimum atomic E-state index is -3.42. The molecule has 0 N–H and O–H groups in total. The third kappa shape index (κ3) is 2.45. The number of rotatable bonds is 2. The molecule has 0 radical (unpaired) electrons. The number of alkyl halides is 3. The van der Waals surface area contributed by atoms with Crippen LogP contribution in [0.2, 0.25) is 0 Å². The van der Waals surface area contributed by atoms with Gasteiger partial charge in [0.2, 0.25) is 0 Å². The van der Waals surface area contributed by atoms with E-state index in [2.05, 4.69) is 5.10 Å². The fourth-order valence-electron chi connectivity index (χ4n) is 2.07. The molecule has 1 aliphatic rings. The molecule has 0 bridgehead atoms. The molecule has 96 valence electrons. The highest BCUT2D eigenvalue weighted by Gasteiger charge is 2.35. The zero-order valence-corrected chi connectivity index (χ0v) is 10.6. The summed E-state index contributed by atoms with van der Waals surface area (Å²) in [6.07, 6.45) is 2.59. The summed E-state index contributed by atoms with van der Waals surface area (Å²) < 4.78 is 33.3. The van der Waals surface area contributed by atoms with Gasteiger partial charge in [0.25, 0.3) is 0 Å². The van der Waals surface area contributed by atoms with E-state index < -0.39 is 5.38 Å². The zero-order valence-electron chi connectivity index (χ0n) is 9.84. The Morgan fingerprint density at radius 1 is 1.41 bits per heavy atom. The van der Waals surface area contributed by atoms with Gasteiger partial charge in [0, 0.05) is 17.9 Å². The van der Waals surface area contributed by atoms with Crippen LogP contribution < -0.4 is 0 Å². The zero-order chi connectivity index (χ0) is 12.6. The van der Waals surface area contributed by atoms with Crippen molar-refractivity contribution in [2.75, 3.05) is 6.61 Å². The summed E-state index contributed by atoms with van der Waals surface area (Å²) in [6, 6.07) is 0. The second-order valence-corrected chi connectivity index (χ2v) is 4.80. The number of halogens is 3. The van der Waals surface area contributed by atoms with E-state index in [0.29, 0.717) is 17.9 Å². The van der Waals surface area contributed by atoms with Crippen molar-refractivity contribution in [3.8, 4) is 0 Å². The molecule has 2 heterocycles. The van der Waals surface area contributed by atoms with E-state index >= 15 is 0 Å². The number of nitrogens with zero attached hydrogens (tertiary/aromatic N) is 2. The lowest BCUT2D eigenvalue weighted by Crippen LogP contribution is -2.20. The Bertz CT molecular complexity index is 408. The maximum absolute atomic E-state index is 13.1. The van der Waals surface area contributed by atoms with Crippen molar-refractivity contribution in [1.29, 1.82) is 0 Å². The third-order valence-corrected chi connectivity index (χ3v) is 3.33. The summed E-state index contributed by atoms with van der Waals surface area (Å²) in [5, 5.41) is 0.492. The van der Waals surface area contributed by atoms with Gasteiger partial charge >= 0.3 is 5.38 Å². The van der Waals surface area contributed by atoms with Gasteiger partial charge in [0.1, 0.15) is 6.23 Å². The first-order valence-corrected chi connectivity index (χ1v) is 6.03. The Hall–Kier alpha value is -0.680. The highest BCUT2D eigenvalue weighted by Crippen LogP contribution is 2.36. The predicted molar refractivity (Wildman–Crippen MR) is 60.3 cm³/mol. The first-order valence-electron chi connectivity index (χ1n) is 5.65. The molecule has 3 nitrogen and oxygen atoms in total. The van der Waals surface area contributed by atoms with Gasteiger partial charge in [-0.25, -0.2) is 4.68 Å². The summed E-state index contributed by atoms with van der Waals surface area (Å²) in [5.41, 5.74) is 0.747. The molecular formula is C11H15ClF2N2O. The Kier molecular flexibility index (Phi) is 3.41. The maximum atomic E-state index is 13.1. The lowest BCUT2D eigenvalue weighted by molar-refractivity contribution is -0.0417. The second-order valence-electron chi connectivity index (χ2n) is 4.32. The molecule has 0 amide bonds. The Labute approximate surface area is 104 Å². The summed E-state index contributed by atoms with van der Waals surface area (Å²) >= 11 is 5.04. The van der Waals surface area contributed by atoms with Gasteiger partial charge in [-0.15, -0.1) is 0 Å². The summed E-state index contributed by atoms with van der Waals surface area (Å²) in [5.74, 6) is 0. The molecule has 0 saturated carbocycles. The van der Waals surface area contributed by atoms with Crippen molar-refractivity contribution < 1.29 is 13.5 Å². The molecule has 0 aromatic carbocycles. The van der Waals surface area contributed by atoms with E-state index in [0.717, 1.165) is 19.3 Å².